The zero-order valence-electron chi connectivity index (χ0n) is 9.94. The Labute approximate surface area is 101 Å². The molecule has 2 unspecified atom stereocenters. The van der Waals surface area contributed by atoms with E-state index in [-0.39, 0.29) is 6.61 Å². The van der Waals surface area contributed by atoms with Gasteiger partial charge in [0, 0.05) is 19.2 Å². The Morgan fingerprint density at radius 3 is 2.88 bits per heavy atom. The third-order valence-corrected chi connectivity index (χ3v) is 3.42. The van der Waals surface area contributed by atoms with Gasteiger partial charge in [-0.15, -0.1) is 0 Å². The molecule has 2 atom stereocenters. The lowest BCUT2D eigenvalue weighted by molar-refractivity contribution is 0.0543. The Kier molecular flexibility index (Phi) is 5.41. The van der Waals surface area contributed by atoms with Crippen LogP contribution in [0, 0.1) is 0 Å². The zero-order valence-corrected chi connectivity index (χ0v) is 10.8. The maximum absolute atomic E-state index is 10.2. The molecule has 3 N–H and O–H groups in total. The minimum Gasteiger partial charge on any atom is -0.396 e. The molecule has 3 nitrogen and oxygen atoms in total. The lowest BCUT2D eigenvalue weighted by Crippen LogP contribution is -2.39. The maximum atomic E-state index is 10.2. The number of hydrogen-bond acceptors (Lipinski definition) is 4. The standard InChI is InChI=1S/C12H21NO2S/c1-10(4-3-6-14)13-9-12(2,15)11-5-7-16-8-11/h5,7-8,10,13-15H,3-4,6,9H2,1-2H3. The summed E-state index contributed by atoms with van der Waals surface area (Å²) in [6.07, 6.45) is 1.73. The van der Waals surface area contributed by atoms with Crippen LogP contribution in [0.2, 0.25) is 0 Å². The van der Waals surface area contributed by atoms with Gasteiger partial charge in [-0.3, -0.25) is 0 Å². The topological polar surface area (TPSA) is 52.5 Å². The van der Waals surface area contributed by atoms with E-state index in [1.54, 1.807) is 11.3 Å². The Bertz CT molecular complexity index is 285. The van der Waals surface area contributed by atoms with E-state index in [0.29, 0.717) is 12.6 Å². The molecule has 0 aromatic carbocycles. The van der Waals surface area contributed by atoms with E-state index in [4.69, 9.17) is 5.11 Å². The van der Waals surface area contributed by atoms with Crippen LogP contribution in [0.4, 0.5) is 0 Å². The van der Waals surface area contributed by atoms with Crippen LogP contribution in [0.25, 0.3) is 0 Å². The number of thiophene rings is 1. The summed E-state index contributed by atoms with van der Waals surface area (Å²) < 4.78 is 0. The maximum Gasteiger partial charge on any atom is 0.1000 e. The highest BCUT2D eigenvalue weighted by atomic mass is 32.1. The lowest BCUT2D eigenvalue weighted by atomic mass is 9.99. The predicted molar refractivity (Wildman–Crippen MR) is 67.7 cm³/mol. The molecule has 92 valence electrons. The van der Waals surface area contributed by atoms with Crippen molar-refractivity contribution in [2.24, 2.45) is 0 Å². The molecule has 0 aliphatic rings. The van der Waals surface area contributed by atoms with E-state index < -0.39 is 5.60 Å². The molecule has 0 amide bonds. The molecule has 0 bridgehead atoms. The first kappa shape index (κ1) is 13.6. The van der Waals surface area contributed by atoms with E-state index in [9.17, 15) is 5.11 Å². The summed E-state index contributed by atoms with van der Waals surface area (Å²) in [5.41, 5.74) is 0.146. The highest BCUT2D eigenvalue weighted by Crippen LogP contribution is 2.22. The highest BCUT2D eigenvalue weighted by Gasteiger charge is 2.23. The van der Waals surface area contributed by atoms with Crippen molar-refractivity contribution >= 4 is 11.3 Å². The Morgan fingerprint density at radius 1 is 1.56 bits per heavy atom. The monoisotopic (exact) mass is 243 g/mol. The van der Waals surface area contributed by atoms with Crippen molar-refractivity contribution in [1.82, 2.24) is 5.32 Å². The van der Waals surface area contributed by atoms with Gasteiger partial charge in [-0.05, 0) is 49.1 Å². The van der Waals surface area contributed by atoms with Crippen LogP contribution in [0.5, 0.6) is 0 Å². The van der Waals surface area contributed by atoms with Crippen molar-refractivity contribution in [3.05, 3.63) is 22.4 Å². The van der Waals surface area contributed by atoms with Crippen LogP contribution in [-0.2, 0) is 5.60 Å². The normalized spacial score (nSPS) is 17.0. The first-order chi connectivity index (χ1) is 7.56. The van der Waals surface area contributed by atoms with E-state index >= 15 is 0 Å². The van der Waals surface area contributed by atoms with Crippen molar-refractivity contribution in [3.8, 4) is 0 Å². The fourth-order valence-electron chi connectivity index (χ4n) is 1.55. The van der Waals surface area contributed by atoms with Crippen molar-refractivity contribution in [2.45, 2.75) is 38.3 Å². The van der Waals surface area contributed by atoms with Gasteiger partial charge in [0.2, 0.25) is 0 Å². The molecule has 0 saturated carbocycles. The molecule has 0 saturated heterocycles. The largest absolute Gasteiger partial charge is 0.396 e. The molecule has 16 heavy (non-hydrogen) atoms. The summed E-state index contributed by atoms with van der Waals surface area (Å²) >= 11 is 1.59. The van der Waals surface area contributed by atoms with Gasteiger partial charge in [-0.25, -0.2) is 0 Å². The van der Waals surface area contributed by atoms with Crippen LogP contribution in [0.1, 0.15) is 32.3 Å². The molecular weight excluding hydrogens is 222 g/mol. The minimum atomic E-state index is -0.812. The Morgan fingerprint density at radius 2 is 2.31 bits per heavy atom. The predicted octanol–water partition coefficient (Wildman–Crippen LogP) is 1.71. The molecule has 1 aromatic rings. The number of nitrogens with one attached hydrogen (secondary N) is 1. The molecule has 0 spiro atoms. The molecule has 4 heteroatoms. The fraction of sp³-hybridized carbons (Fsp3) is 0.667. The van der Waals surface area contributed by atoms with Crippen molar-refractivity contribution in [2.75, 3.05) is 13.2 Å². The molecule has 0 aliphatic carbocycles. The van der Waals surface area contributed by atoms with Crippen LogP contribution in [0.15, 0.2) is 16.8 Å². The summed E-state index contributed by atoms with van der Waals surface area (Å²) in [7, 11) is 0. The third-order valence-electron chi connectivity index (χ3n) is 2.73. The van der Waals surface area contributed by atoms with Crippen LogP contribution >= 0.6 is 11.3 Å². The van der Waals surface area contributed by atoms with Gasteiger partial charge in [-0.1, -0.05) is 0 Å². The van der Waals surface area contributed by atoms with Crippen LogP contribution < -0.4 is 5.32 Å². The summed E-state index contributed by atoms with van der Waals surface area (Å²) in [5.74, 6) is 0. The molecular formula is C12H21NO2S. The van der Waals surface area contributed by atoms with Gasteiger partial charge in [0.15, 0.2) is 0 Å². The minimum absolute atomic E-state index is 0.229. The number of hydrogen-bond donors (Lipinski definition) is 3. The van der Waals surface area contributed by atoms with Gasteiger partial charge in [0.25, 0.3) is 0 Å². The average Bonchev–Trinajstić information content (AvgIpc) is 2.77. The summed E-state index contributed by atoms with van der Waals surface area (Å²) in [6, 6.07) is 2.27. The first-order valence-electron chi connectivity index (χ1n) is 5.65. The van der Waals surface area contributed by atoms with E-state index in [0.717, 1.165) is 18.4 Å². The van der Waals surface area contributed by atoms with E-state index in [1.165, 1.54) is 0 Å². The van der Waals surface area contributed by atoms with Gasteiger partial charge < -0.3 is 15.5 Å². The molecule has 0 aliphatic heterocycles. The van der Waals surface area contributed by atoms with Crippen molar-refractivity contribution in [3.63, 3.8) is 0 Å². The van der Waals surface area contributed by atoms with E-state index in [2.05, 4.69) is 12.2 Å². The third kappa shape index (κ3) is 4.22. The molecule has 1 rings (SSSR count). The molecule has 0 radical (unpaired) electrons. The van der Waals surface area contributed by atoms with Gasteiger partial charge in [0.1, 0.15) is 0 Å². The zero-order chi connectivity index (χ0) is 12.0. The van der Waals surface area contributed by atoms with Crippen molar-refractivity contribution < 1.29 is 10.2 Å². The second-order valence-electron chi connectivity index (χ2n) is 4.43. The first-order valence-corrected chi connectivity index (χ1v) is 6.60. The van der Waals surface area contributed by atoms with Gasteiger partial charge in [-0.2, -0.15) is 11.3 Å². The van der Waals surface area contributed by atoms with Crippen LogP contribution in [-0.4, -0.2) is 29.4 Å². The van der Waals surface area contributed by atoms with Gasteiger partial charge in [0.05, 0.1) is 5.60 Å². The lowest BCUT2D eigenvalue weighted by Gasteiger charge is -2.25. The Hall–Kier alpha value is -0.420. The summed E-state index contributed by atoms with van der Waals surface area (Å²) in [4.78, 5) is 0. The molecule has 0 fully saturated rings. The van der Waals surface area contributed by atoms with Crippen LogP contribution in [0.3, 0.4) is 0 Å². The highest BCUT2D eigenvalue weighted by molar-refractivity contribution is 7.08. The smallest absolute Gasteiger partial charge is 0.1000 e. The van der Waals surface area contributed by atoms with Crippen molar-refractivity contribution in [1.29, 1.82) is 0 Å². The Balaban J connectivity index is 2.36. The second-order valence-corrected chi connectivity index (χ2v) is 5.21. The summed E-state index contributed by atoms with van der Waals surface area (Å²) in [5, 5.41) is 26.2. The molecule has 1 aromatic heterocycles. The summed E-state index contributed by atoms with van der Waals surface area (Å²) in [6.45, 7) is 4.66. The SMILES string of the molecule is CC(CCCO)NCC(C)(O)c1ccsc1. The number of rotatable bonds is 7. The average molecular weight is 243 g/mol. The molecule has 1 heterocycles. The quantitative estimate of drug-likeness (QED) is 0.683. The van der Waals surface area contributed by atoms with E-state index in [1.807, 2.05) is 23.8 Å². The second kappa shape index (κ2) is 6.35. The fourth-order valence-corrected chi connectivity index (χ4v) is 2.33. The number of aliphatic hydroxyl groups is 2. The number of aliphatic hydroxyl groups excluding tert-OH is 1. The van der Waals surface area contributed by atoms with Gasteiger partial charge >= 0.3 is 0 Å².